The van der Waals surface area contributed by atoms with E-state index in [0.29, 0.717) is 4.32 Å². The fraction of sp³-hybridized carbons (Fsp3) is 0.111. The number of anilines is 1. The van der Waals surface area contributed by atoms with Crippen molar-refractivity contribution in [2.24, 2.45) is 0 Å². The van der Waals surface area contributed by atoms with Crippen LogP contribution in [-0.4, -0.2) is 16.0 Å². The van der Waals surface area contributed by atoms with Gasteiger partial charge in [-0.05, 0) is 36.0 Å². The topological polar surface area (TPSA) is 20.3 Å². The van der Waals surface area contributed by atoms with Gasteiger partial charge in [-0.1, -0.05) is 12.2 Å². The molecule has 1 aliphatic heterocycles. The maximum Gasteiger partial charge on any atom is 0.215 e. The molecule has 0 spiro atoms. The average molecular weight is 227 g/mol. The third-order valence-corrected chi connectivity index (χ3v) is 3.07. The van der Waals surface area contributed by atoms with E-state index in [-0.39, 0.29) is 17.5 Å². The minimum Gasteiger partial charge on any atom is -0.319 e. The van der Waals surface area contributed by atoms with E-state index < -0.39 is 0 Å². The number of carbonyl (C=O) groups is 1. The van der Waals surface area contributed by atoms with Crippen molar-refractivity contribution in [1.82, 2.24) is 0 Å². The number of thiocarbonyl (C=S) groups is 1. The fourth-order valence-corrected chi connectivity index (χ4v) is 2.31. The summed E-state index contributed by atoms with van der Waals surface area (Å²) in [5.41, 5.74) is 0.759. The van der Waals surface area contributed by atoms with Gasteiger partial charge >= 0.3 is 0 Å². The molecule has 1 aliphatic rings. The highest BCUT2D eigenvalue weighted by Crippen LogP contribution is 2.26. The first-order chi connectivity index (χ1) is 6.66. The second-order valence-electron chi connectivity index (χ2n) is 2.80. The molecule has 1 aromatic rings. The van der Waals surface area contributed by atoms with Crippen LogP contribution in [0.3, 0.4) is 0 Å². The molecule has 0 aliphatic carbocycles. The molecule has 2 nitrogen and oxygen atoms in total. The standard InChI is InChI=1S/C9H6FNOS2/c10-6-1-3-7(4-2-6)11-5-8(12)14-9(11)13/h1-4H,5H2. The van der Waals surface area contributed by atoms with Crippen molar-refractivity contribution in [3.8, 4) is 0 Å². The van der Waals surface area contributed by atoms with Gasteiger partial charge in [0.1, 0.15) is 10.1 Å². The van der Waals surface area contributed by atoms with Crippen LogP contribution < -0.4 is 4.90 Å². The number of hydrogen-bond acceptors (Lipinski definition) is 3. The monoisotopic (exact) mass is 227 g/mol. The lowest BCUT2D eigenvalue weighted by Gasteiger charge is -2.15. The molecular formula is C9H6FNOS2. The third kappa shape index (κ3) is 1.78. The first-order valence-corrected chi connectivity index (χ1v) is 5.17. The molecule has 14 heavy (non-hydrogen) atoms. The molecule has 5 heteroatoms. The van der Waals surface area contributed by atoms with Crippen LogP contribution in [0.15, 0.2) is 24.3 Å². The SMILES string of the molecule is O=C1CN(c2ccc(F)cc2)C(=S)S1. The molecule has 0 bridgehead atoms. The van der Waals surface area contributed by atoms with Crippen LogP contribution in [0.1, 0.15) is 0 Å². The Morgan fingerprint density at radius 1 is 1.36 bits per heavy atom. The summed E-state index contributed by atoms with van der Waals surface area (Å²) in [6.07, 6.45) is 0. The van der Waals surface area contributed by atoms with Crippen LogP contribution >= 0.6 is 24.0 Å². The minimum atomic E-state index is -0.294. The fourth-order valence-electron chi connectivity index (χ4n) is 1.20. The van der Waals surface area contributed by atoms with Crippen molar-refractivity contribution in [2.75, 3.05) is 11.4 Å². The first-order valence-electron chi connectivity index (χ1n) is 3.94. The molecule has 1 saturated heterocycles. The second kappa shape index (κ2) is 3.67. The molecule has 1 fully saturated rings. The number of carbonyl (C=O) groups excluding carboxylic acids is 1. The Bertz CT molecular complexity index is 390. The normalized spacial score (nSPS) is 16.5. The summed E-state index contributed by atoms with van der Waals surface area (Å²) in [5, 5.41) is 0.0272. The van der Waals surface area contributed by atoms with Gasteiger partial charge in [0.15, 0.2) is 0 Å². The maximum absolute atomic E-state index is 12.6. The molecule has 0 unspecified atom stereocenters. The van der Waals surface area contributed by atoms with Gasteiger partial charge in [-0.2, -0.15) is 0 Å². The Hall–Kier alpha value is -0.940. The van der Waals surface area contributed by atoms with Gasteiger partial charge in [0.05, 0.1) is 6.54 Å². The lowest BCUT2D eigenvalue weighted by Crippen LogP contribution is -2.22. The summed E-state index contributed by atoms with van der Waals surface area (Å²) < 4.78 is 13.2. The zero-order valence-electron chi connectivity index (χ0n) is 7.07. The number of benzene rings is 1. The predicted molar refractivity (Wildman–Crippen MR) is 58.9 cm³/mol. The first kappa shape index (κ1) is 9.61. The number of thioether (sulfide) groups is 1. The Balaban J connectivity index is 2.27. The van der Waals surface area contributed by atoms with Crippen LogP contribution in [-0.2, 0) is 4.79 Å². The highest BCUT2D eigenvalue weighted by Gasteiger charge is 2.26. The van der Waals surface area contributed by atoms with Gasteiger partial charge in [-0.25, -0.2) is 4.39 Å². The van der Waals surface area contributed by atoms with Gasteiger partial charge in [-0.3, -0.25) is 4.79 Å². The molecule has 0 atom stereocenters. The Kier molecular flexibility index (Phi) is 2.52. The zero-order valence-corrected chi connectivity index (χ0v) is 8.70. The summed E-state index contributed by atoms with van der Waals surface area (Å²) in [6.45, 7) is 0.273. The van der Waals surface area contributed by atoms with Gasteiger partial charge in [0.25, 0.3) is 0 Å². The number of hydrogen-bond donors (Lipinski definition) is 0. The molecule has 0 radical (unpaired) electrons. The lowest BCUT2D eigenvalue weighted by atomic mass is 10.3. The van der Waals surface area contributed by atoms with Crippen LogP contribution in [0, 0.1) is 5.82 Å². The van der Waals surface area contributed by atoms with E-state index in [1.165, 1.54) is 12.1 Å². The van der Waals surface area contributed by atoms with Crippen molar-refractivity contribution in [3.05, 3.63) is 30.1 Å². The van der Waals surface area contributed by atoms with E-state index in [1.54, 1.807) is 17.0 Å². The van der Waals surface area contributed by atoms with Gasteiger partial charge < -0.3 is 4.90 Å². The molecule has 0 N–H and O–H groups in total. The maximum atomic E-state index is 12.6. The highest BCUT2D eigenvalue weighted by atomic mass is 32.2. The predicted octanol–water partition coefficient (Wildman–Crippen LogP) is 2.19. The van der Waals surface area contributed by atoms with Crippen molar-refractivity contribution >= 4 is 39.1 Å². The van der Waals surface area contributed by atoms with Gasteiger partial charge in [0, 0.05) is 5.69 Å². The highest BCUT2D eigenvalue weighted by molar-refractivity contribution is 8.33. The van der Waals surface area contributed by atoms with Gasteiger partial charge in [-0.15, -0.1) is 0 Å². The van der Waals surface area contributed by atoms with Crippen LogP contribution in [0.2, 0.25) is 0 Å². The Labute approximate surface area is 90.1 Å². The molecule has 1 aromatic carbocycles. The number of nitrogens with zero attached hydrogens (tertiary/aromatic N) is 1. The molecular weight excluding hydrogens is 221 g/mol. The average Bonchev–Trinajstić information content (AvgIpc) is 2.47. The van der Waals surface area contributed by atoms with E-state index >= 15 is 0 Å². The lowest BCUT2D eigenvalue weighted by molar-refractivity contribution is -0.109. The molecule has 0 aromatic heterocycles. The van der Waals surface area contributed by atoms with Crippen LogP contribution in [0.4, 0.5) is 10.1 Å². The summed E-state index contributed by atoms with van der Waals surface area (Å²) in [7, 11) is 0. The zero-order chi connectivity index (χ0) is 10.1. The summed E-state index contributed by atoms with van der Waals surface area (Å²) in [4.78, 5) is 12.8. The van der Waals surface area contributed by atoms with Crippen molar-refractivity contribution in [3.63, 3.8) is 0 Å². The summed E-state index contributed by atoms with van der Waals surface area (Å²) >= 11 is 6.06. The summed E-state index contributed by atoms with van der Waals surface area (Å²) in [5.74, 6) is -0.294. The van der Waals surface area contributed by atoms with E-state index in [9.17, 15) is 9.18 Å². The summed E-state index contributed by atoms with van der Waals surface area (Å²) in [6, 6.07) is 5.93. The quantitative estimate of drug-likeness (QED) is 0.685. The van der Waals surface area contributed by atoms with Crippen molar-refractivity contribution in [2.45, 2.75) is 0 Å². The Morgan fingerprint density at radius 2 is 2.00 bits per heavy atom. The Morgan fingerprint density at radius 3 is 2.50 bits per heavy atom. The number of rotatable bonds is 1. The van der Waals surface area contributed by atoms with E-state index in [1.807, 2.05) is 0 Å². The van der Waals surface area contributed by atoms with Crippen LogP contribution in [0.5, 0.6) is 0 Å². The number of halogens is 1. The van der Waals surface area contributed by atoms with Gasteiger partial charge in [0.2, 0.25) is 5.12 Å². The van der Waals surface area contributed by atoms with Crippen LogP contribution in [0.25, 0.3) is 0 Å². The minimum absolute atomic E-state index is 0.0272. The smallest absolute Gasteiger partial charge is 0.215 e. The molecule has 72 valence electrons. The molecule has 1 heterocycles. The van der Waals surface area contributed by atoms with E-state index in [0.717, 1.165) is 17.4 Å². The molecule has 2 rings (SSSR count). The molecule has 0 saturated carbocycles. The van der Waals surface area contributed by atoms with E-state index in [2.05, 4.69) is 0 Å². The molecule has 0 amide bonds. The largest absolute Gasteiger partial charge is 0.319 e. The van der Waals surface area contributed by atoms with Crippen molar-refractivity contribution in [1.29, 1.82) is 0 Å². The van der Waals surface area contributed by atoms with Crippen molar-refractivity contribution < 1.29 is 9.18 Å². The van der Waals surface area contributed by atoms with E-state index in [4.69, 9.17) is 12.2 Å². The second-order valence-corrected chi connectivity index (χ2v) is 4.49. The third-order valence-electron chi connectivity index (χ3n) is 1.85.